The van der Waals surface area contributed by atoms with E-state index >= 15 is 0 Å². The number of hydrogen-bond acceptors (Lipinski definition) is 6. The summed E-state index contributed by atoms with van der Waals surface area (Å²) in [7, 11) is 0. The van der Waals surface area contributed by atoms with Gasteiger partial charge in [0.15, 0.2) is 0 Å². The Bertz CT molecular complexity index is 388. The monoisotopic (exact) mass is 460 g/mol. The Hall–Kier alpha value is 0.825. The third-order valence-electron chi connectivity index (χ3n) is 5.48. The molecule has 0 aromatic rings. The fourth-order valence-electron chi connectivity index (χ4n) is 3.73. The van der Waals surface area contributed by atoms with Crippen LogP contribution in [0.4, 0.5) is 0 Å². The number of rotatable bonds is 10. The average Bonchev–Trinajstić information content (AvgIpc) is 2.69. The highest BCUT2D eigenvalue weighted by molar-refractivity contribution is 6.37. The number of hydrogen-bond donors (Lipinski definition) is 0. The van der Waals surface area contributed by atoms with E-state index in [1.54, 1.807) is 0 Å². The molecule has 2 aliphatic heterocycles. The molecule has 0 aromatic heterocycles. The quantitative estimate of drug-likeness (QED) is 0.414. The second-order valence-electron chi connectivity index (χ2n) is 8.88. The fraction of sp³-hybridized carbons (Fsp3) is 1.00. The standard InChI is InChI=1S/2C8H16O2.2C3H7O.2Al/c2*1-3-5-8(10)7(4-2)6-9;2*1-3(2)4;;/h2*7-8H,3-6H2,1-2H3;2*3H,1-2H3;;/q2*-2;2*-1;2*+3. The zero-order valence-corrected chi connectivity index (χ0v) is 23.0. The SMILES string of the molecule is CCCC1[O][Al]([O]C(C)C)[O]CC1CC.CCCC1[O][Al]([O]C(C)C)[O]CC1CC. The Morgan fingerprint density at radius 1 is 0.700 bits per heavy atom. The van der Waals surface area contributed by atoms with E-state index in [1.165, 1.54) is 12.8 Å². The first-order chi connectivity index (χ1) is 14.3. The molecule has 0 aliphatic carbocycles. The first-order valence-electron chi connectivity index (χ1n) is 12.2. The fourth-order valence-corrected chi connectivity index (χ4v) is 7.16. The van der Waals surface area contributed by atoms with Crippen LogP contribution in [0.1, 0.15) is 93.9 Å². The summed E-state index contributed by atoms with van der Waals surface area (Å²) in [6.45, 7) is 18.6. The Morgan fingerprint density at radius 3 is 1.33 bits per heavy atom. The van der Waals surface area contributed by atoms with Crippen molar-refractivity contribution in [3.63, 3.8) is 0 Å². The summed E-state index contributed by atoms with van der Waals surface area (Å²) in [4.78, 5) is 0. The van der Waals surface area contributed by atoms with Crippen molar-refractivity contribution in [3.05, 3.63) is 0 Å². The molecular weight excluding hydrogens is 414 g/mol. The maximum Gasteiger partial charge on any atom is 0.906 e. The summed E-state index contributed by atoms with van der Waals surface area (Å²) in [5, 5.41) is 0. The lowest BCUT2D eigenvalue weighted by Gasteiger charge is -2.34. The molecule has 0 aromatic carbocycles. The van der Waals surface area contributed by atoms with Gasteiger partial charge in [-0.1, -0.05) is 40.5 Å². The van der Waals surface area contributed by atoms with E-state index in [1.807, 2.05) is 27.7 Å². The normalized spacial score (nSPS) is 27.4. The molecule has 0 saturated carbocycles. The molecule has 2 saturated heterocycles. The smallest absolute Gasteiger partial charge is 0.454 e. The minimum absolute atomic E-state index is 0.210. The third kappa shape index (κ3) is 11.1. The van der Waals surface area contributed by atoms with Gasteiger partial charge in [0, 0.05) is 49.5 Å². The summed E-state index contributed by atoms with van der Waals surface area (Å²) in [5.74, 6) is 1.12. The molecule has 30 heavy (non-hydrogen) atoms. The van der Waals surface area contributed by atoms with Gasteiger partial charge in [0.05, 0.1) is 0 Å². The minimum atomic E-state index is -1.83. The van der Waals surface area contributed by atoms with Crippen LogP contribution in [0.25, 0.3) is 0 Å². The summed E-state index contributed by atoms with van der Waals surface area (Å²) >= 11 is -3.65. The van der Waals surface area contributed by atoms with Crippen molar-refractivity contribution in [2.45, 2.75) is 118 Å². The van der Waals surface area contributed by atoms with Crippen LogP contribution in [0.2, 0.25) is 0 Å². The van der Waals surface area contributed by atoms with E-state index in [4.69, 9.17) is 22.7 Å². The molecule has 2 rings (SSSR count). The molecule has 176 valence electrons. The molecule has 2 heterocycles. The van der Waals surface area contributed by atoms with Gasteiger partial charge in [0.25, 0.3) is 0 Å². The summed E-state index contributed by atoms with van der Waals surface area (Å²) in [6, 6.07) is 0. The summed E-state index contributed by atoms with van der Waals surface area (Å²) in [5.41, 5.74) is 0. The van der Waals surface area contributed by atoms with Gasteiger partial charge >= 0.3 is 30.3 Å². The van der Waals surface area contributed by atoms with Crippen molar-refractivity contribution in [1.82, 2.24) is 0 Å². The molecular formula is C22H46Al2O6. The second-order valence-corrected chi connectivity index (χ2v) is 11.8. The largest absolute Gasteiger partial charge is 0.906 e. The van der Waals surface area contributed by atoms with Gasteiger partial charge in [-0.2, -0.15) is 0 Å². The predicted octanol–water partition coefficient (Wildman–Crippen LogP) is 5.28. The van der Waals surface area contributed by atoms with Crippen molar-refractivity contribution in [3.8, 4) is 0 Å². The van der Waals surface area contributed by atoms with Crippen molar-refractivity contribution >= 4 is 30.3 Å². The van der Waals surface area contributed by atoms with Crippen molar-refractivity contribution in [1.29, 1.82) is 0 Å². The Morgan fingerprint density at radius 2 is 1.07 bits per heavy atom. The Balaban J connectivity index is 0.000000300. The maximum atomic E-state index is 5.94. The summed E-state index contributed by atoms with van der Waals surface area (Å²) in [6.07, 6.45) is 8.02. The van der Waals surface area contributed by atoms with Crippen molar-refractivity contribution in [2.75, 3.05) is 13.2 Å². The van der Waals surface area contributed by atoms with Crippen LogP contribution < -0.4 is 0 Å². The minimum Gasteiger partial charge on any atom is -0.454 e. The molecule has 2 fully saturated rings. The highest BCUT2D eigenvalue weighted by atomic mass is 27.3. The lowest BCUT2D eigenvalue weighted by Crippen LogP contribution is -2.45. The highest BCUT2D eigenvalue weighted by Crippen LogP contribution is 2.25. The molecule has 0 bridgehead atoms. The van der Waals surface area contributed by atoms with E-state index < -0.39 is 30.3 Å². The summed E-state index contributed by atoms with van der Waals surface area (Å²) < 4.78 is 34.5. The van der Waals surface area contributed by atoms with Crippen LogP contribution in [-0.4, -0.2) is 67.9 Å². The molecule has 6 nitrogen and oxygen atoms in total. The van der Waals surface area contributed by atoms with Crippen LogP contribution >= 0.6 is 0 Å². The zero-order chi connectivity index (χ0) is 22.5. The molecule has 4 atom stereocenters. The second kappa shape index (κ2) is 16.4. The lowest BCUT2D eigenvalue weighted by molar-refractivity contribution is -0.0462. The van der Waals surface area contributed by atoms with Gasteiger partial charge in [0.2, 0.25) is 0 Å². The van der Waals surface area contributed by atoms with Crippen LogP contribution in [0.5, 0.6) is 0 Å². The molecule has 0 amide bonds. The van der Waals surface area contributed by atoms with Gasteiger partial charge in [-0.25, -0.2) is 0 Å². The van der Waals surface area contributed by atoms with E-state index in [9.17, 15) is 0 Å². The first-order valence-corrected chi connectivity index (χ1v) is 15.0. The maximum absolute atomic E-state index is 5.94. The van der Waals surface area contributed by atoms with Crippen molar-refractivity contribution in [2.24, 2.45) is 11.8 Å². The van der Waals surface area contributed by atoms with Crippen LogP contribution in [0.15, 0.2) is 0 Å². The van der Waals surface area contributed by atoms with Crippen LogP contribution in [-0.2, 0) is 22.7 Å². The third-order valence-corrected chi connectivity index (χ3v) is 9.08. The molecule has 2 aliphatic rings. The topological polar surface area (TPSA) is 55.4 Å². The molecule has 4 unspecified atom stereocenters. The predicted molar refractivity (Wildman–Crippen MR) is 123 cm³/mol. The van der Waals surface area contributed by atoms with Gasteiger partial charge in [0.1, 0.15) is 0 Å². The van der Waals surface area contributed by atoms with E-state index in [0.717, 1.165) is 38.9 Å². The van der Waals surface area contributed by atoms with Gasteiger partial charge < -0.3 is 22.7 Å². The Labute approximate surface area is 196 Å². The molecule has 0 N–H and O–H groups in total. The van der Waals surface area contributed by atoms with E-state index in [2.05, 4.69) is 27.7 Å². The molecule has 8 heteroatoms. The van der Waals surface area contributed by atoms with Crippen LogP contribution in [0.3, 0.4) is 0 Å². The zero-order valence-electron chi connectivity index (χ0n) is 20.7. The first kappa shape index (κ1) is 28.9. The lowest BCUT2D eigenvalue weighted by atomic mass is 9.97. The van der Waals surface area contributed by atoms with E-state index in [0.29, 0.717) is 24.0 Å². The molecule has 0 radical (unpaired) electrons. The van der Waals surface area contributed by atoms with Gasteiger partial charge in [-0.05, 0) is 53.4 Å². The molecule has 0 spiro atoms. The van der Waals surface area contributed by atoms with Crippen molar-refractivity contribution < 1.29 is 22.7 Å². The van der Waals surface area contributed by atoms with Gasteiger partial charge in [-0.15, -0.1) is 0 Å². The van der Waals surface area contributed by atoms with E-state index in [-0.39, 0.29) is 12.2 Å². The van der Waals surface area contributed by atoms with Gasteiger partial charge in [-0.3, -0.25) is 0 Å². The highest BCUT2D eigenvalue weighted by Gasteiger charge is 2.43. The Kier molecular flexibility index (Phi) is 15.8. The average molecular weight is 461 g/mol. The van der Waals surface area contributed by atoms with Crippen LogP contribution in [0, 0.1) is 11.8 Å².